The molecule has 29 heavy (non-hydrogen) atoms. The van der Waals surface area contributed by atoms with E-state index in [2.05, 4.69) is 15.5 Å². The third-order valence-electron chi connectivity index (χ3n) is 4.43. The molecule has 0 atom stereocenters. The number of hydrogen-bond donors (Lipinski definition) is 2. The van der Waals surface area contributed by atoms with Crippen molar-refractivity contribution in [3.63, 3.8) is 0 Å². The highest BCUT2D eigenvalue weighted by molar-refractivity contribution is 7.21. The maximum Gasteiger partial charge on any atom is 0.349 e. The summed E-state index contributed by atoms with van der Waals surface area (Å²) in [5.41, 5.74) is 3.71. The van der Waals surface area contributed by atoms with E-state index >= 15 is 0 Å². The first-order chi connectivity index (χ1) is 14.0. The van der Waals surface area contributed by atoms with Crippen LogP contribution < -0.4 is 5.32 Å². The molecule has 1 amide bonds. The number of amides is 1. The number of nitrogens with zero attached hydrogens (tertiary/aromatic N) is 1. The number of rotatable bonds is 4. The fourth-order valence-corrected chi connectivity index (χ4v) is 4.34. The second-order valence-electron chi connectivity index (χ2n) is 6.43. The Morgan fingerprint density at radius 3 is 2.62 bits per heavy atom. The molecule has 2 heterocycles. The number of benzene rings is 2. The molecular weight excluding hydrogens is 410 g/mol. The molecular formula is C21H16ClN3O3S. The molecule has 146 valence electrons. The molecule has 0 aliphatic carbocycles. The third kappa shape index (κ3) is 3.74. The minimum Gasteiger partial charge on any atom is -0.465 e. The quantitative estimate of drug-likeness (QED) is 0.435. The molecule has 0 unspecified atom stereocenters. The van der Waals surface area contributed by atoms with E-state index in [0.29, 0.717) is 27.0 Å². The van der Waals surface area contributed by atoms with Crippen LogP contribution >= 0.6 is 22.9 Å². The van der Waals surface area contributed by atoms with Gasteiger partial charge in [-0.3, -0.25) is 9.89 Å². The van der Waals surface area contributed by atoms with Crippen molar-refractivity contribution in [1.29, 1.82) is 0 Å². The van der Waals surface area contributed by atoms with Gasteiger partial charge in [-0.1, -0.05) is 41.4 Å². The minimum atomic E-state index is -0.483. The first kappa shape index (κ1) is 19.2. The molecule has 2 N–H and O–H groups in total. The molecule has 4 rings (SSSR count). The lowest BCUT2D eigenvalue weighted by atomic mass is 10.1. The molecule has 0 spiro atoms. The highest BCUT2D eigenvalue weighted by Gasteiger charge is 2.18. The zero-order valence-corrected chi connectivity index (χ0v) is 17.1. The summed E-state index contributed by atoms with van der Waals surface area (Å²) >= 11 is 7.48. The number of anilines is 1. The minimum absolute atomic E-state index is 0.314. The number of thiophene rings is 1. The zero-order chi connectivity index (χ0) is 20.5. The maximum atomic E-state index is 12.6. The molecule has 0 aliphatic rings. The number of aromatic nitrogens is 2. The number of fused-ring (bicyclic) bond motifs is 1. The van der Waals surface area contributed by atoms with Crippen molar-refractivity contribution >= 4 is 50.6 Å². The van der Waals surface area contributed by atoms with E-state index in [4.69, 9.17) is 16.3 Å². The summed E-state index contributed by atoms with van der Waals surface area (Å²) in [7, 11) is 1.31. The Balaban J connectivity index is 1.56. The third-order valence-corrected chi connectivity index (χ3v) is 6.07. The van der Waals surface area contributed by atoms with Crippen LogP contribution in [-0.4, -0.2) is 29.2 Å². The van der Waals surface area contributed by atoms with Crippen LogP contribution in [0.5, 0.6) is 0 Å². The van der Waals surface area contributed by atoms with E-state index in [1.807, 2.05) is 31.2 Å². The molecule has 2 aromatic carbocycles. The van der Waals surface area contributed by atoms with E-state index in [0.717, 1.165) is 21.2 Å². The molecule has 0 saturated carbocycles. The normalized spacial score (nSPS) is 10.9. The average molecular weight is 426 g/mol. The van der Waals surface area contributed by atoms with Gasteiger partial charge in [-0.15, -0.1) is 11.3 Å². The van der Waals surface area contributed by atoms with E-state index in [9.17, 15) is 9.59 Å². The van der Waals surface area contributed by atoms with Crippen LogP contribution in [0.25, 0.3) is 21.3 Å². The molecule has 0 bridgehead atoms. The van der Waals surface area contributed by atoms with Crippen molar-refractivity contribution in [2.45, 2.75) is 6.92 Å². The van der Waals surface area contributed by atoms with Gasteiger partial charge < -0.3 is 10.1 Å². The Hall–Kier alpha value is -3.16. The van der Waals surface area contributed by atoms with Gasteiger partial charge in [-0.2, -0.15) is 5.10 Å². The Morgan fingerprint density at radius 1 is 1.14 bits per heavy atom. The summed E-state index contributed by atoms with van der Waals surface area (Å²) in [6.45, 7) is 2.01. The number of aryl methyl sites for hydroxylation is 1. The summed E-state index contributed by atoms with van der Waals surface area (Å²) in [5, 5.41) is 10.9. The largest absolute Gasteiger partial charge is 0.465 e. The number of aromatic amines is 1. The summed E-state index contributed by atoms with van der Waals surface area (Å²) in [6, 6.07) is 14.9. The van der Waals surface area contributed by atoms with Crippen LogP contribution in [-0.2, 0) is 4.74 Å². The van der Waals surface area contributed by atoms with Crippen LogP contribution in [0.1, 0.15) is 25.7 Å². The van der Waals surface area contributed by atoms with Crippen molar-refractivity contribution in [1.82, 2.24) is 10.2 Å². The second-order valence-corrected chi connectivity index (χ2v) is 7.86. The number of carbonyl (C=O) groups excluding carboxylic acids is 2. The molecule has 8 heteroatoms. The standard InChI is InChI=1S/C21H16ClN3O3S/c1-11-3-5-12(6-4-11)15-10-16(25-24-15)20(26)23-13-7-8-14-17(9-13)29-19(18(14)22)21(27)28-2/h3-10H,1-2H3,(H,23,26)(H,24,25). The summed E-state index contributed by atoms with van der Waals surface area (Å²) in [6.07, 6.45) is 0. The smallest absolute Gasteiger partial charge is 0.349 e. The monoisotopic (exact) mass is 425 g/mol. The average Bonchev–Trinajstić information content (AvgIpc) is 3.33. The van der Waals surface area contributed by atoms with Crippen molar-refractivity contribution in [3.8, 4) is 11.3 Å². The molecule has 2 aromatic heterocycles. The molecule has 0 fully saturated rings. The van der Waals surface area contributed by atoms with Crippen LogP contribution in [0.2, 0.25) is 5.02 Å². The summed E-state index contributed by atoms with van der Waals surface area (Å²) in [4.78, 5) is 24.7. The predicted molar refractivity (Wildman–Crippen MR) is 115 cm³/mol. The number of esters is 1. The van der Waals surface area contributed by atoms with Gasteiger partial charge in [0, 0.05) is 21.3 Å². The van der Waals surface area contributed by atoms with Gasteiger partial charge in [0.1, 0.15) is 10.6 Å². The predicted octanol–water partition coefficient (Wildman–Crippen LogP) is 5.29. The van der Waals surface area contributed by atoms with E-state index in [1.54, 1.807) is 24.3 Å². The summed E-state index contributed by atoms with van der Waals surface area (Å²) in [5.74, 6) is -0.797. The van der Waals surface area contributed by atoms with Gasteiger partial charge in [0.05, 0.1) is 17.8 Å². The van der Waals surface area contributed by atoms with Gasteiger partial charge in [-0.25, -0.2) is 4.79 Å². The van der Waals surface area contributed by atoms with Crippen LogP contribution in [0.3, 0.4) is 0 Å². The van der Waals surface area contributed by atoms with Gasteiger partial charge in [0.15, 0.2) is 0 Å². The lowest BCUT2D eigenvalue weighted by molar-refractivity contribution is 0.0606. The van der Waals surface area contributed by atoms with Crippen LogP contribution in [0.15, 0.2) is 48.5 Å². The van der Waals surface area contributed by atoms with Gasteiger partial charge in [0.2, 0.25) is 0 Å². The first-order valence-electron chi connectivity index (χ1n) is 8.70. The van der Waals surface area contributed by atoms with Gasteiger partial charge in [-0.05, 0) is 31.2 Å². The topological polar surface area (TPSA) is 84.1 Å². The second kappa shape index (κ2) is 7.69. The van der Waals surface area contributed by atoms with Gasteiger partial charge >= 0.3 is 5.97 Å². The van der Waals surface area contributed by atoms with Crippen molar-refractivity contribution in [3.05, 3.63) is 69.7 Å². The number of carbonyl (C=O) groups is 2. The number of nitrogens with one attached hydrogen (secondary N) is 2. The Morgan fingerprint density at radius 2 is 1.90 bits per heavy atom. The number of H-pyrrole nitrogens is 1. The number of halogens is 1. The highest BCUT2D eigenvalue weighted by atomic mass is 35.5. The lowest BCUT2D eigenvalue weighted by Crippen LogP contribution is -2.12. The van der Waals surface area contributed by atoms with Crippen LogP contribution in [0, 0.1) is 6.92 Å². The Labute approximate surface area is 175 Å². The van der Waals surface area contributed by atoms with Crippen molar-refractivity contribution in [2.75, 3.05) is 12.4 Å². The van der Waals surface area contributed by atoms with E-state index in [1.165, 1.54) is 18.4 Å². The SMILES string of the molecule is COC(=O)c1sc2cc(NC(=O)c3cc(-c4ccc(C)cc4)n[nH]3)ccc2c1Cl. The molecule has 0 radical (unpaired) electrons. The maximum absolute atomic E-state index is 12.6. The number of ether oxygens (including phenoxy) is 1. The van der Waals surface area contributed by atoms with E-state index < -0.39 is 5.97 Å². The Kier molecular flexibility index (Phi) is 5.08. The fraction of sp³-hybridized carbons (Fsp3) is 0.0952. The van der Waals surface area contributed by atoms with Crippen LogP contribution in [0.4, 0.5) is 5.69 Å². The van der Waals surface area contributed by atoms with E-state index in [-0.39, 0.29) is 5.91 Å². The fourth-order valence-electron chi connectivity index (χ4n) is 2.88. The lowest BCUT2D eigenvalue weighted by Gasteiger charge is -2.03. The molecule has 0 aliphatic heterocycles. The zero-order valence-electron chi connectivity index (χ0n) is 15.6. The highest BCUT2D eigenvalue weighted by Crippen LogP contribution is 2.37. The first-order valence-corrected chi connectivity index (χ1v) is 9.90. The van der Waals surface area contributed by atoms with Gasteiger partial charge in [0.25, 0.3) is 5.91 Å². The summed E-state index contributed by atoms with van der Waals surface area (Å²) < 4.78 is 5.53. The van der Waals surface area contributed by atoms with Crippen molar-refractivity contribution in [2.24, 2.45) is 0 Å². The number of hydrogen-bond acceptors (Lipinski definition) is 5. The molecule has 0 saturated heterocycles. The Bertz CT molecular complexity index is 1230. The number of methoxy groups -OCH3 is 1. The molecule has 6 nitrogen and oxygen atoms in total. The molecule has 4 aromatic rings. The van der Waals surface area contributed by atoms with Crippen molar-refractivity contribution < 1.29 is 14.3 Å².